The van der Waals surface area contributed by atoms with Gasteiger partial charge in [-0.2, -0.15) is 0 Å². The highest BCUT2D eigenvalue weighted by atomic mass is 79.9. The van der Waals surface area contributed by atoms with Crippen molar-refractivity contribution in [2.45, 2.75) is 63.8 Å². The molecule has 1 aromatic rings. The number of carbonyl (C=O) groups excluding carboxylic acids is 1. The van der Waals surface area contributed by atoms with Crippen molar-refractivity contribution in [2.24, 2.45) is 0 Å². The Hall–Kier alpha value is -1.03. The first kappa shape index (κ1) is 19.0. The standard InChI is InChI=1S/C18H27BrO3/c1-5-7-8-13-18(3,4)14-9-11-15(12-10-14)22-16(19)17(20)21-6-2/h9-12,16H,5-8,13H2,1-4H3. The van der Waals surface area contributed by atoms with Crippen molar-refractivity contribution in [1.29, 1.82) is 0 Å². The van der Waals surface area contributed by atoms with Gasteiger partial charge in [0.25, 0.3) is 0 Å². The topological polar surface area (TPSA) is 35.5 Å². The van der Waals surface area contributed by atoms with Gasteiger partial charge in [-0.15, -0.1) is 0 Å². The predicted octanol–water partition coefficient (Wildman–Crippen LogP) is 5.21. The molecule has 1 rings (SSSR count). The van der Waals surface area contributed by atoms with Gasteiger partial charge in [0.1, 0.15) is 5.75 Å². The fourth-order valence-corrected chi connectivity index (χ4v) is 2.67. The molecule has 0 radical (unpaired) electrons. The van der Waals surface area contributed by atoms with Crippen LogP contribution in [0.25, 0.3) is 0 Å². The molecule has 0 heterocycles. The second-order valence-corrected chi connectivity index (χ2v) is 6.88. The van der Waals surface area contributed by atoms with Gasteiger partial charge in [0.2, 0.25) is 5.01 Å². The van der Waals surface area contributed by atoms with Crippen LogP contribution in [-0.2, 0) is 14.9 Å². The van der Waals surface area contributed by atoms with Crippen molar-refractivity contribution in [3.8, 4) is 5.75 Å². The fraction of sp³-hybridized carbons (Fsp3) is 0.611. The summed E-state index contributed by atoms with van der Waals surface area (Å²) in [4.78, 5) is 11.5. The summed E-state index contributed by atoms with van der Waals surface area (Å²) in [6, 6.07) is 7.97. The molecule has 1 unspecified atom stereocenters. The zero-order valence-corrected chi connectivity index (χ0v) is 15.6. The summed E-state index contributed by atoms with van der Waals surface area (Å²) >= 11 is 3.18. The molecule has 3 nitrogen and oxygen atoms in total. The van der Waals surface area contributed by atoms with Gasteiger partial charge in [-0.1, -0.05) is 52.2 Å². The van der Waals surface area contributed by atoms with Crippen LogP contribution in [0.3, 0.4) is 0 Å². The van der Waals surface area contributed by atoms with Gasteiger partial charge in [-0.25, -0.2) is 4.79 Å². The molecule has 0 N–H and O–H groups in total. The predicted molar refractivity (Wildman–Crippen MR) is 93.6 cm³/mol. The third kappa shape index (κ3) is 5.99. The number of ether oxygens (including phenoxy) is 2. The Bertz CT molecular complexity index is 454. The summed E-state index contributed by atoms with van der Waals surface area (Å²) in [5.41, 5.74) is 1.45. The Labute approximate surface area is 142 Å². The van der Waals surface area contributed by atoms with Crippen LogP contribution in [0.2, 0.25) is 0 Å². The third-order valence-corrected chi connectivity index (χ3v) is 4.31. The first-order valence-electron chi connectivity index (χ1n) is 7.98. The lowest BCUT2D eigenvalue weighted by Crippen LogP contribution is -2.23. The second-order valence-electron chi connectivity index (χ2n) is 6.05. The maximum absolute atomic E-state index is 11.5. The number of esters is 1. The Balaban J connectivity index is 2.64. The molecule has 1 aromatic carbocycles. The van der Waals surface area contributed by atoms with Crippen LogP contribution in [0.1, 0.15) is 58.9 Å². The maximum Gasteiger partial charge on any atom is 0.358 e. The van der Waals surface area contributed by atoms with Crippen LogP contribution in [-0.4, -0.2) is 17.6 Å². The van der Waals surface area contributed by atoms with E-state index in [4.69, 9.17) is 9.47 Å². The average molecular weight is 371 g/mol. The molecule has 0 spiro atoms. The lowest BCUT2D eigenvalue weighted by atomic mass is 9.80. The van der Waals surface area contributed by atoms with E-state index < -0.39 is 11.0 Å². The number of halogens is 1. The molecule has 4 heteroatoms. The molecule has 0 aliphatic carbocycles. The van der Waals surface area contributed by atoms with Crippen molar-refractivity contribution >= 4 is 21.9 Å². The smallest absolute Gasteiger partial charge is 0.358 e. The van der Waals surface area contributed by atoms with E-state index >= 15 is 0 Å². The number of benzene rings is 1. The zero-order valence-electron chi connectivity index (χ0n) is 14.0. The minimum Gasteiger partial charge on any atom is -0.467 e. The van der Waals surface area contributed by atoms with Crippen molar-refractivity contribution < 1.29 is 14.3 Å². The normalized spacial score (nSPS) is 12.8. The quantitative estimate of drug-likeness (QED) is 0.340. The van der Waals surface area contributed by atoms with E-state index in [1.54, 1.807) is 6.92 Å². The van der Waals surface area contributed by atoms with Crippen molar-refractivity contribution in [2.75, 3.05) is 6.61 Å². The number of rotatable bonds is 9. The fourth-order valence-electron chi connectivity index (χ4n) is 2.32. The molecule has 0 saturated carbocycles. The van der Waals surface area contributed by atoms with E-state index in [0.29, 0.717) is 12.4 Å². The largest absolute Gasteiger partial charge is 0.467 e. The Morgan fingerprint density at radius 1 is 1.18 bits per heavy atom. The molecule has 22 heavy (non-hydrogen) atoms. The highest BCUT2D eigenvalue weighted by Gasteiger charge is 2.21. The molecule has 0 aliphatic rings. The first-order valence-corrected chi connectivity index (χ1v) is 8.90. The van der Waals surface area contributed by atoms with Gasteiger partial charge in [0.05, 0.1) is 6.61 Å². The lowest BCUT2D eigenvalue weighted by Gasteiger charge is -2.25. The van der Waals surface area contributed by atoms with Crippen molar-refractivity contribution in [3.05, 3.63) is 29.8 Å². The van der Waals surface area contributed by atoms with Gasteiger partial charge in [0.15, 0.2) is 0 Å². The number of alkyl halides is 1. The Morgan fingerprint density at radius 3 is 2.36 bits per heavy atom. The average Bonchev–Trinajstić information content (AvgIpc) is 2.48. The zero-order chi connectivity index (χ0) is 16.6. The minimum absolute atomic E-state index is 0.155. The van der Waals surface area contributed by atoms with E-state index in [1.165, 1.54) is 31.2 Å². The van der Waals surface area contributed by atoms with Gasteiger partial charge >= 0.3 is 5.97 Å². The third-order valence-electron chi connectivity index (χ3n) is 3.75. The van der Waals surface area contributed by atoms with Gasteiger partial charge in [-0.3, -0.25) is 0 Å². The second kappa shape index (κ2) is 9.19. The molecule has 0 fully saturated rings. The number of hydrogen-bond acceptors (Lipinski definition) is 3. The Kier molecular flexibility index (Phi) is 7.94. The molecule has 0 saturated heterocycles. The van der Waals surface area contributed by atoms with Crippen LogP contribution in [0.5, 0.6) is 5.75 Å². The number of carbonyl (C=O) groups is 1. The van der Waals surface area contributed by atoms with E-state index in [1.807, 2.05) is 12.1 Å². The summed E-state index contributed by atoms with van der Waals surface area (Å²) in [5, 5.41) is -0.768. The van der Waals surface area contributed by atoms with Crippen LogP contribution >= 0.6 is 15.9 Å². The van der Waals surface area contributed by atoms with E-state index in [2.05, 4.69) is 48.8 Å². The van der Waals surface area contributed by atoms with E-state index in [9.17, 15) is 4.79 Å². The monoisotopic (exact) mass is 370 g/mol. The summed E-state index contributed by atoms with van der Waals surface area (Å²) < 4.78 is 10.4. The first-order chi connectivity index (χ1) is 10.4. The van der Waals surface area contributed by atoms with Crippen LogP contribution in [0.15, 0.2) is 24.3 Å². The summed E-state index contributed by atoms with van der Waals surface area (Å²) in [7, 11) is 0. The van der Waals surface area contributed by atoms with Gasteiger partial charge in [0, 0.05) is 0 Å². The van der Waals surface area contributed by atoms with Crippen molar-refractivity contribution in [3.63, 3.8) is 0 Å². The SMILES string of the molecule is CCCCCC(C)(C)c1ccc(OC(Br)C(=O)OCC)cc1. The lowest BCUT2D eigenvalue weighted by molar-refractivity contribution is -0.146. The molecular weight excluding hydrogens is 344 g/mol. The summed E-state index contributed by atoms with van der Waals surface area (Å²) in [6.45, 7) is 8.87. The van der Waals surface area contributed by atoms with Crippen LogP contribution < -0.4 is 4.74 Å². The van der Waals surface area contributed by atoms with Gasteiger partial charge < -0.3 is 9.47 Å². The highest BCUT2D eigenvalue weighted by molar-refractivity contribution is 9.09. The van der Waals surface area contributed by atoms with Gasteiger partial charge in [-0.05, 0) is 52.4 Å². The maximum atomic E-state index is 11.5. The summed E-state index contributed by atoms with van der Waals surface area (Å²) in [6.07, 6.45) is 4.93. The molecule has 1 atom stereocenters. The molecule has 0 aromatic heterocycles. The van der Waals surface area contributed by atoms with E-state index in [-0.39, 0.29) is 5.41 Å². The van der Waals surface area contributed by atoms with E-state index in [0.717, 1.165) is 0 Å². The molecule has 0 bridgehead atoms. The number of hydrogen-bond donors (Lipinski definition) is 0. The number of unbranched alkanes of at least 4 members (excludes halogenated alkanes) is 2. The minimum atomic E-state index is -0.768. The van der Waals surface area contributed by atoms with Crippen molar-refractivity contribution in [1.82, 2.24) is 0 Å². The molecule has 0 amide bonds. The molecular formula is C18H27BrO3. The van der Waals surface area contributed by atoms with Crippen LogP contribution in [0.4, 0.5) is 0 Å². The highest BCUT2D eigenvalue weighted by Crippen LogP contribution is 2.30. The Morgan fingerprint density at radius 2 is 1.82 bits per heavy atom. The molecule has 124 valence electrons. The van der Waals surface area contributed by atoms with Crippen LogP contribution in [0, 0.1) is 0 Å². The summed E-state index contributed by atoms with van der Waals surface area (Å²) in [5.74, 6) is 0.245. The molecule has 0 aliphatic heterocycles.